The zero-order valence-corrected chi connectivity index (χ0v) is 44.4. The van der Waals surface area contributed by atoms with Gasteiger partial charge in [0.15, 0.2) is 0 Å². The first-order chi connectivity index (χ1) is 35.3. The Balaban J connectivity index is 0.00000677. The second kappa shape index (κ2) is 35.3. The number of carboxylic acid groups (broad SMARTS) is 2. The molecule has 418 valence electrons. The molecule has 23 nitrogen and oxygen atoms in total. The van der Waals surface area contributed by atoms with Gasteiger partial charge in [-0.15, -0.1) is 0 Å². The molecule has 0 aromatic heterocycles. The number of aliphatic carboxylic acids is 2. The normalized spacial score (nSPS) is 14.5. The highest BCUT2D eigenvalue weighted by molar-refractivity contribution is 5.97. The van der Waals surface area contributed by atoms with Crippen LogP contribution in [-0.4, -0.2) is 137 Å². The van der Waals surface area contributed by atoms with Gasteiger partial charge in [-0.3, -0.25) is 38.4 Å². The number of rotatable bonds is 32. The van der Waals surface area contributed by atoms with Gasteiger partial charge < -0.3 is 74.1 Å². The van der Waals surface area contributed by atoms with E-state index in [1.165, 1.54) is 6.92 Å². The third-order valence-corrected chi connectivity index (χ3v) is 11.6. The van der Waals surface area contributed by atoms with E-state index in [-0.39, 0.29) is 43.4 Å². The molecule has 0 heterocycles. The lowest BCUT2D eigenvalue weighted by atomic mass is 9.96. The van der Waals surface area contributed by atoms with Crippen molar-refractivity contribution in [2.45, 2.75) is 155 Å². The fraction of sp³-hybridized carbons (Fsp3) is 0.577. The molecule has 0 spiro atoms. The molecule has 0 saturated carbocycles. The number of hydrogen-bond donors (Lipinski definition) is 12. The zero-order chi connectivity index (χ0) is 56.8. The molecular weight excluding hydrogens is 973 g/mol. The minimum Gasteiger partial charge on any atom is -0.550 e. The average Bonchev–Trinajstić information content (AvgIpc) is 3.35. The van der Waals surface area contributed by atoms with Crippen LogP contribution in [0.25, 0.3) is 0 Å². The van der Waals surface area contributed by atoms with Crippen LogP contribution in [-0.2, 0) is 60.8 Å². The van der Waals surface area contributed by atoms with E-state index in [0.717, 1.165) is 6.92 Å². The molecule has 0 saturated heterocycles. The molecule has 0 bridgehead atoms. The van der Waals surface area contributed by atoms with Crippen molar-refractivity contribution in [3.8, 4) is 0 Å². The summed E-state index contributed by atoms with van der Waals surface area (Å²) >= 11 is 0. The van der Waals surface area contributed by atoms with Gasteiger partial charge in [0.1, 0.15) is 42.3 Å². The Hall–Kier alpha value is -6.98. The molecule has 0 radical (unpaired) electrons. The summed E-state index contributed by atoms with van der Waals surface area (Å²) in [5.41, 5.74) is 13.0. The molecule has 14 N–H and O–H groups in total. The Kier molecular flexibility index (Phi) is 31.0. The van der Waals surface area contributed by atoms with Crippen LogP contribution in [0.3, 0.4) is 0 Å². The van der Waals surface area contributed by atoms with Gasteiger partial charge >= 0.3 is 5.97 Å². The van der Waals surface area contributed by atoms with Crippen molar-refractivity contribution in [3.05, 3.63) is 71.8 Å². The van der Waals surface area contributed by atoms with E-state index >= 15 is 0 Å². The standard InChI is InChI=1S/C50H78N10O11.C2H4O2/c1-8-31(6)42(60-44(64)35(52)21-15-16-22-51)49(69)58-37(25-33-17-11-9-12-18-33)45(65)53-27-41(62)55-40(28-61)48(68)57-36(23-29(2)3)46(66)54-32(7)43(63)56-38(26-34-19-13-10-14-20-34)47(67)59-39(50(70)71)24-30(4)5;1-2(3)4/h9-14,17-20,29-32,35-40,42,61H,8,15-16,21-28,51-52H2,1-7H3,(H,53,65)(H,54,66)(H,55,62)(H,56,63)(H,57,68)(H,58,69)(H,59,67)(H,60,64)(H,70,71);1H3,(H,3,4)/p-1/t31-,32-,35-,36-,37-,38-,39-,40-,42-;/m0./s1. The minimum absolute atomic E-state index is 0.00827. The van der Waals surface area contributed by atoms with Crippen molar-refractivity contribution < 1.29 is 63.3 Å². The molecule has 75 heavy (non-hydrogen) atoms. The van der Waals surface area contributed by atoms with Crippen LogP contribution < -0.4 is 59.1 Å². The molecule has 2 aromatic rings. The lowest BCUT2D eigenvalue weighted by Crippen LogP contribution is -2.59. The summed E-state index contributed by atoms with van der Waals surface area (Å²) < 4.78 is 0. The third kappa shape index (κ3) is 26.7. The van der Waals surface area contributed by atoms with Gasteiger partial charge in [0.05, 0.1) is 19.2 Å². The molecule has 23 heteroatoms. The van der Waals surface area contributed by atoms with Crippen LogP contribution in [0.15, 0.2) is 60.7 Å². The van der Waals surface area contributed by atoms with Gasteiger partial charge in [0.25, 0.3) is 0 Å². The summed E-state index contributed by atoms with van der Waals surface area (Å²) in [6.45, 7) is 12.0. The Bertz CT molecular complexity index is 2140. The summed E-state index contributed by atoms with van der Waals surface area (Å²) in [6, 6.07) is 7.83. The second-order valence-corrected chi connectivity index (χ2v) is 19.2. The lowest BCUT2D eigenvalue weighted by molar-refractivity contribution is -0.302. The fourth-order valence-electron chi connectivity index (χ4n) is 7.33. The number of hydrogen-bond acceptors (Lipinski definition) is 14. The van der Waals surface area contributed by atoms with Crippen LogP contribution in [0.4, 0.5) is 0 Å². The number of benzene rings is 2. The maximum atomic E-state index is 13.8. The first kappa shape index (κ1) is 66.0. The van der Waals surface area contributed by atoms with Crippen molar-refractivity contribution in [2.75, 3.05) is 19.7 Å². The number of carbonyl (C=O) groups excluding carboxylic acids is 9. The van der Waals surface area contributed by atoms with Crippen molar-refractivity contribution in [1.29, 1.82) is 0 Å². The first-order valence-electron chi connectivity index (χ1n) is 25.3. The number of nitrogens with two attached hydrogens (primary N) is 2. The quantitative estimate of drug-likeness (QED) is 0.0369. The highest BCUT2D eigenvalue weighted by Crippen LogP contribution is 2.13. The molecule has 8 amide bonds. The molecule has 0 fully saturated rings. The molecular formula is C52H81N10O13-. The van der Waals surface area contributed by atoms with Crippen LogP contribution in [0.2, 0.25) is 0 Å². The van der Waals surface area contributed by atoms with Gasteiger partial charge in [-0.05, 0) is 75.0 Å². The van der Waals surface area contributed by atoms with E-state index in [1.807, 2.05) is 20.8 Å². The van der Waals surface area contributed by atoms with Crippen molar-refractivity contribution in [2.24, 2.45) is 29.2 Å². The maximum Gasteiger partial charge on any atom is 0.326 e. The molecule has 9 atom stereocenters. The van der Waals surface area contributed by atoms with Crippen LogP contribution >= 0.6 is 0 Å². The lowest BCUT2D eigenvalue weighted by Gasteiger charge is -2.27. The van der Waals surface area contributed by atoms with Crippen LogP contribution in [0.1, 0.15) is 105 Å². The van der Waals surface area contributed by atoms with E-state index in [1.54, 1.807) is 81.4 Å². The highest BCUT2D eigenvalue weighted by Gasteiger charge is 2.34. The van der Waals surface area contributed by atoms with Gasteiger partial charge in [-0.1, -0.05) is 115 Å². The number of aliphatic hydroxyl groups is 1. The Labute approximate surface area is 439 Å². The van der Waals surface area contributed by atoms with Gasteiger partial charge in [0.2, 0.25) is 47.3 Å². The van der Waals surface area contributed by atoms with E-state index < -0.39 is 121 Å². The number of nitrogens with one attached hydrogen (secondary N) is 8. The molecule has 0 aliphatic rings. The van der Waals surface area contributed by atoms with Gasteiger partial charge in [-0.25, -0.2) is 4.79 Å². The highest BCUT2D eigenvalue weighted by atomic mass is 16.4. The molecule has 0 unspecified atom stereocenters. The SMILES string of the molecule is CC(=O)[O-].CC[C@H](C)[C@H](NC(=O)[C@@H](N)CCCCN)C(=O)N[C@@H](Cc1ccccc1)C(=O)NCC(=O)N[C@@H](CO)C(=O)N[C@@H](CC(C)C)C(=O)N[C@@H](C)C(=O)N[C@@H](Cc1ccccc1)C(=O)N[C@@H](CC(C)C)C(=O)O. The van der Waals surface area contributed by atoms with Gasteiger partial charge in [0, 0.05) is 18.8 Å². The maximum absolute atomic E-state index is 13.8. The summed E-state index contributed by atoms with van der Waals surface area (Å²) in [5, 5.41) is 49.3. The van der Waals surface area contributed by atoms with E-state index in [0.29, 0.717) is 43.4 Å². The summed E-state index contributed by atoms with van der Waals surface area (Å²) in [5.74, 6) is -8.98. The Morgan fingerprint density at radius 1 is 0.573 bits per heavy atom. The zero-order valence-electron chi connectivity index (χ0n) is 44.4. The third-order valence-electron chi connectivity index (χ3n) is 11.6. The smallest absolute Gasteiger partial charge is 0.326 e. The number of carbonyl (C=O) groups is 10. The molecule has 2 rings (SSSR count). The van der Waals surface area contributed by atoms with Crippen molar-refractivity contribution in [3.63, 3.8) is 0 Å². The molecule has 0 aliphatic heterocycles. The summed E-state index contributed by atoms with van der Waals surface area (Å²) in [6.07, 6.45) is 2.41. The number of carboxylic acids is 2. The summed E-state index contributed by atoms with van der Waals surface area (Å²) in [7, 11) is 0. The predicted octanol–water partition coefficient (Wildman–Crippen LogP) is -1.57. The predicted molar refractivity (Wildman–Crippen MR) is 277 cm³/mol. The van der Waals surface area contributed by atoms with Crippen LogP contribution in [0, 0.1) is 17.8 Å². The van der Waals surface area contributed by atoms with E-state index in [4.69, 9.17) is 21.4 Å². The number of amides is 8. The molecule has 0 aliphatic carbocycles. The largest absolute Gasteiger partial charge is 0.550 e. The summed E-state index contributed by atoms with van der Waals surface area (Å²) in [4.78, 5) is 129. The van der Waals surface area contributed by atoms with Gasteiger partial charge in [-0.2, -0.15) is 0 Å². The second-order valence-electron chi connectivity index (χ2n) is 19.2. The van der Waals surface area contributed by atoms with Crippen molar-refractivity contribution >= 4 is 59.2 Å². The van der Waals surface area contributed by atoms with Crippen molar-refractivity contribution in [1.82, 2.24) is 42.5 Å². The number of unbranched alkanes of at least 4 members (excludes halogenated alkanes) is 1. The Morgan fingerprint density at radius 2 is 1.03 bits per heavy atom. The fourth-order valence-corrected chi connectivity index (χ4v) is 7.33. The minimum atomic E-state index is -1.59. The monoisotopic (exact) mass is 1050 g/mol. The van der Waals surface area contributed by atoms with E-state index in [9.17, 15) is 53.4 Å². The van der Waals surface area contributed by atoms with E-state index in [2.05, 4.69) is 42.5 Å². The average molecular weight is 1050 g/mol. The first-order valence-corrected chi connectivity index (χ1v) is 25.3. The molecule has 2 aromatic carbocycles. The van der Waals surface area contributed by atoms with Crippen LogP contribution in [0.5, 0.6) is 0 Å². The number of aliphatic hydroxyl groups excluding tert-OH is 1. The topological polar surface area (TPSA) is 382 Å². The Morgan fingerprint density at radius 3 is 1.51 bits per heavy atom.